The maximum absolute atomic E-state index is 12.7. The summed E-state index contributed by atoms with van der Waals surface area (Å²) < 4.78 is 104. The Morgan fingerprint density at radius 1 is 0.453 bits per heavy atom. The number of ether oxygens (including phenoxy) is 4. The van der Waals surface area contributed by atoms with Gasteiger partial charge in [0, 0.05) is 10.3 Å². The molecule has 16 nitrogen and oxygen atoms in total. The molecule has 20 heteroatoms. The molecule has 4 N–H and O–H groups in total. The van der Waals surface area contributed by atoms with Crippen LogP contribution in [0.25, 0.3) is 11.1 Å². The van der Waals surface area contributed by atoms with Crippen LogP contribution in [0.15, 0.2) is 189 Å². The predicted molar refractivity (Wildman–Crippen MR) is 281 cm³/mol. The van der Waals surface area contributed by atoms with Crippen LogP contribution >= 0.6 is 24.1 Å². The van der Waals surface area contributed by atoms with Crippen molar-refractivity contribution in [2.24, 2.45) is 0 Å². The van der Waals surface area contributed by atoms with Crippen LogP contribution in [0, 0.1) is 6.92 Å². The topological polar surface area (TPSA) is 223 Å². The molecule has 0 aliphatic rings. The van der Waals surface area contributed by atoms with Gasteiger partial charge < -0.3 is 18.9 Å². The summed E-state index contributed by atoms with van der Waals surface area (Å²) in [5.41, 5.74) is 6.83. The van der Waals surface area contributed by atoms with E-state index in [-0.39, 0.29) is 23.3 Å². The van der Waals surface area contributed by atoms with E-state index < -0.39 is 30.0 Å². The van der Waals surface area contributed by atoms with E-state index in [1.807, 2.05) is 73.7 Å². The summed E-state index contributed by atoms with van der Waals surface area (Å²) in [6.07, 6.45) is 0.533. The highest BCUT2D eigenvalue weighted by atomic mass is 32.2. The highest BCUT2D eigenvalue weighted by Crippen LogP contribution is 2.39. The number of aryl methyl sites for hydroxylation is 1. The van der Waals surface area contributed by atoms with E-state index in [0.717, 1.165) is 51.2 Å². The second-order valence-corrected chi connectivity index (χ2v) is 21.7. The van der Waals surface area contributed by atoms with Gasteiger partial charge in [-0.25, -0.2) is 10.5 Å². The van der Waals surface area contributed by atoms with Crippen LogP contribution in [-0.4, -0.2) is 43.6 Å². The van der Waals surface area contributed by atoms with Crippen LogP contribution in [0.2, 0.25) is 0 Å². The summed E-state index contributed by atoms with van der Waals surface area (Å²) in [6.45, 7) is 6.04. The van der Waals surface area contributed by atoms with E-state index in [9.17, 15) is 25.9 Å². The van der Waals surface area contributed by atoms with Gasteiger partial charge in [-0.15, -0.1) is 8.67 Å². The molecule has 0 bridgehead atoms. The monoisotopic (exact) mass is 1090 g/mol. The lowest BCUT2D eigenvalue weighted by molar-refractivity contribution is -0.432. The van der Waals surface area contributed by atoms with E-state index in [4.69, 9.17) is 33.8 Å². The molecule has 0 heterocycles. The molecule has 8 aromatic rings. The highest BCUT2D eigenvalue weighted by Gasteiger charge is 2.25. The third-order valence-corrected chi connectivity index (χ3v) is 15.2. The summed E-state index contributed by atoms with van der Waals surface area (Å²) in [5.74, 6) is 2.12. The lowest BCUT2D eigenvalue weighted by Crippen LogP contribution is -2.18. The largest absolute Gasteiger partial charge is 0.497 e. The Morgan fingerprint density at radius 2 is 0.813 bits per heavy atom. The summed E-state index contributed by atoms with van der Waals surface area (Å²) in [5, 5.41) is 25.1. The summed E-state index contributed by atoms with van der Waals surface area (Å²) in [6, 6.07) is 48.9. The third kappa shape index (κ3) is 13.9. The Hall–Kier alpha value is -6.76. The molecule has 0 amide bonds. The molecule has 388 valence electrons. The van der Waals surface area contributed by atoms with Gasteiger partial charge in [-0.3, -0.25) is 9.11 Å². The molecule has 0 unspecified atom stereocenters. The second kappa shape index (κ2) is 23.8. The van der Waals surface area contributed by atoms with Crippen molar-refractivity contribution in [2.45, 2.75) is 58.6 Å². The van der Waals surface area contributed by atoms with Crippen molar-refractivity contribution in [1.82, 2.24) is 0 Å². The fraction of sp³-hybridized carbons (Fsp3) is 0.127. The van der Waals surface area contributed by atoms with Crippen molar-refractivity contribution in [1.29, 1.82) is 0 Å². The van der Waals surface area contributed by atoms with Gasteiger partial charge in [0.15, 0.2) is 0 Å². The molecule has 0 aliphatic carbocycles. The van der Waals surface area contributed by atoms with Gasteiger partial charge in [-0.1, -0.05) is 103 Å². The van der Waals surface area contributed by atoms with Crippen LogP contribution in [0.1, 0.15) is 52.8 Å². The molecule has 0 aliphatic heterocycles. The normalized spacial score (nSPS) is 11.8. The van der Waals surface area contributed by atoms with Crippen LogP contribution in [0.4, 0.5) is 0 Å². The molecule has 0 fully saturated rings. The standard InChI is InChI=1S/C55H48O16S4/c1-35-5-6-36(31-51(35)72-70-68-56)29-38-8-27-49(53(33-38)74(58,59)60)66-46-20-12-41(13-21-46)40-10-18-45(19-11-40)65-48-26-7-37(32-52(48)73-71-69-57)30-39-9-28-50(54(34-39)75(61,62)63)67-47-24-16-43(17-25-47)55(2,3)42-14-22-44(64-4)23-15-42/h5-28,31-34,56-57H,29-30H2,1-4H3,(H,58,59,60)(H,61,62,63). The average molecular weight is 1090 g/mol. The summed E-state index contributed by atoms with van der Waals surface area (Å²) in [4.78, 5) is 0.272. The zero-order chi connectivity index (χ0) is 53.3. The zero-order valence-electron chi connectivity index (χ0n) is 40.4. The first-order chi connectivity index (χ1) is 35.9. The first-order valence-electron chi connectivity index (χ1n) is 22.6. The molecule has 0 saturated heterocycles. The summed E-state index contributed by atoms with van der Waals surface area (Å²) in [7, 11) is -7.79. The van der Waals surface area contributed by atoms with Gasteiger partial charge in [0.25, 0.3) is 20.2 Å². The Morgan fingerprint density at radius 3 is 1.24 bits per heavy atom. The van der Waals surface area contributed by atoms with E-state index in [1.54, 1.807) is 86.0 Å². The second-order valence-electron chi connectivity index (χ2n) is 17.4. The molecule has 0 radical (unpaired) electrons. The maximum Gasteiger partial charge on any atom is 0.298 e. The molecule has 0 spiro atoms. The number of methoxy groups -OCH3 is 1. The van der Waals surface area contributed by atoms with Crippen LogP contribution < -0.4 is 18.9 Å². The van der Waals surface area contributed by atoms with E-state index in [2.05, 4.69) is 28.3 Å². The summed E-state index contributed by atoms with van der Waals surface area (Å²) >= 11 is 1.50. The van der Waals surface area contributed by atoms with Crippen molar-refractivity contribution in [3.8, 4) is 51.4 Å². The molecule has 8 rings (SSSR count). The van der Waals surface area contributed by atoms with Crippen molar-refractivity contribution >= 4 is 44.3 Å². The number of hydrogen-bond donors (Lipinski definition) is 4. The minimum absolute atomic E-state index is 0.0572. The highest BCUT2D eigenvalue weighted by molar-refractivity contribution is 7.94. The molecular formula is C55H48O16S4. The van der Waals surface area contributed by atoms with Crippen molar-refractivity contribution in [3.63, 3.8) is 0 Å². The van der Waals surface area contributed by atoms with Crippen molar-refractivity contribution < 1.29 is 74.1 Å². The maximum atomic E-state index is 12.7. The molecule has 0 atom stereocenters. The number of hydrogen-bond acceptors (Lipinski definition) is 16. The molecular weight excluding hydrogens is 1040 g/mol. The van der Waals surface area contributed by atoms with Gasteiger partial charge in [-0.05, 0) is 161 Å². The van der Waals surface area contributed by atoms with Gasteiger partial charge in [-0.2, -0.15) is 16.8 Å². The Bertz CT molecular complexity index is 3500. The minimum atomic E-state index is -4.72. The quantitative estimate of drug-likeness (QED) is 0.0214. The van der Waals surface area contributed by atoms with Crippen molar-refractivity contribution in [3.05, 3.63) is 209 Å². The first kappa shape index (κ1) is 54.5. The molecule has 0 aromatic heterocycles. The Kier molecular flexibility index (Phi) is 17.3. The molecule has 8 aromatic carbocycles. The zero-order valence-corrected chi connectivity index (χ0v) is 43.7. The fourth-order valence-corrected chi connectivity index (χ4v) is 10.4. The van der Waals surface area contributed by atoms with E-state index in [0.29, 0.717) is 67.9 Å². The SMILES string of the molecule is COc1ccc(C(C)(C)c2ccc(Oc3ccc(Cc4ccc(Oc5ccc(-c6ccc(Oc7ccc(Cc8ccc(C)c(SOOO)c8)cc7S(=O)(=O)O)cc6)cc5)c(SOOO)c4)cc3S(=O)(=O)O)cc2)cc1. The first-order valence-corrected chi connectivity index (χ1v) is 27.0. The number of benzene rings is 8. The third-order valence-electron chi connectivity index (χ3n) is 12.1. The Labute approximate surface area is 442 Å². The van der Waals surface area contributed by atoms with Crippen LogP contribution in [0.3, 0.4) is 0 Å². The minimum Gasteiger partial charge on any atom is -0.497 e. The van der Waals surface area contributed by atoms with E-state index in [1.165, 1.54) is 24.3 Å². The van der Waals surface area contributed by atoms with Gasteiger partial charge >= 0.3 is 0 Å². The van der Waals surface area contributed by atoms with Gasteiger partial charge in [0.2, 0.25) is 0 Å². The lowest BCUT2D eigenvalue weighted by Gasteiger charge is -2.26. The van der Waals surface area contributed by atoms with Gasteiger partial charge in [0.1, 0.15) is 50.0 Å². The van der Waals surface area contributed by atoms with Crippen LogP contribution in [0.5, 0.6) is 40.2 Å². The van der Waals surface area contributed by atoms with Gasteiger partial charge in [0.05, 0.1) is 36.1 Å². The smallest absolute Gasteiger partial charge is 0.298 e. The lowest BCUT2D eigenvalue weighted by atomic mass is 9.78. The number of rotatable bonds is 22. The molecule has 75 heavy (non-hydrogen) atoms. The van der Waals surface area contributed by atoms with E-state index >= 15 is 0 Å². The van der Waals surface area contributed by atoms with Crippen molar-refractivity contribution in [2.75, 3.05) is 7.11 Å². The van der Waals surface area contributed by atoms with Crippen LogP contribution in [-0.2, 0) is 57.2 Å². The average Bonchev–Trinajstić information content (AvgIpc) is 3.39. The fourth-order valence-electron chi connectivity index (χ4n) is 8.05. The molecule has 0 saturated carbocycles. The predicted octanol–water partition coefficient (Wildman–Crippen LogP) is 13.9. The Balaban J connectivity index is 0.920.